The molecular weight excluding hydrogens is 393 g/mol. The second kappa shape index (κ2) is 11.0. The van der Waals surface area contributed by atoms with E-state index >= 15 is 0 Å². The lowest BCUT2D eigenvalue weighted by molar-refractivity contribution is -0.188. The Morgan fingerprint density at radius 3 is 2.80 bits per heavy atom. The Bertz CT molecular complexity index is 712. The van der Waals surface area contributed by atoms with Gasteiger partial charge in [-0.1, -0.05) is 6.92 Å². The van der Waals surface area contributed by atoms with Crippen molar-refractivity contribution in [3.63, 3.8) is 0 Å². The predicted molar refractivity (Wildman–Crippen MR) is 109 cm³/mol. The van der Waals surface area contributed by atoms with E-state index in [2.05, 4.69) is 10.6 Å². The topological polar surface area (TPSA) is 104 Å². The summed E-state index contributed by atoms with van der Waals surface area (Å²) in [6, 6.07) is 3.48. The van der Waals surface area contributed by atoms with Crippen LogP contribution in [0.15, 0.2) is 12.1 Å². The van der Waals surface area contributed by atoms with Crippen molar-refractivity contribution in [1.29, 1.82) is 0 Å². The summed E-state index contributed by atoms with van der Waals surface area (Å²) in [5.74, 6) is 0.312. The molecule has 0 spiro atoms. The number of benzene rings is 1. The number of fused-ring (bicyclic) bond motifs is 1. The second-order valence-electron chi connectivity index (χ2n) is 7.75. The van der Waals surface area contributed by atoms with Crippen LogP contribution in [0.1, 0.15) is 47.2 Å². The third kappa shape index (κ3) is 5.67. The molecule has 8 nitrogen and oxygen atoms in total. The quantitative estimate of drug-likeness (QED) is 0.385. The zero-order chi connectivity index (χ0) is 21.5. The molecule has 0 unspecified atom stereocenters. The highest BCUT2D eigenvalue weighted by Gasteiger charge is 2.34. The van der Waals surface area contributed by atoms with Crippen molar-refractivity contribution in [3.8, 4) is 5.75 Å². The van der Waals surface area contributed by atoms with Gasteiger partial charge in [-0.25, -0.2) is 4.39 Å². The van der Waals surface area contributed by atoms with Crippen LogP contribution < -0.4 is 21.1 Å². The molecule has 1 saturated heterocycles. The van der Waals surface area contributed by atoms with Gasteiger partial charge in [-0.15, -0.1) is 0 Å². The summed E-state index contributed by atoms with van der Waals surface area (Å²) in [6.07, 6.45) is 0.597. The van der Waals surface area contributed by atoms with Gasteiger partial charge in [-0.2, -0.15) is 0 Å². The number of hydrogen-bond donors (Lipinski definition) is 3. The lowest BCUT2D eigenvalue weighted by atomic mass is 9.94. The molecule has 168 valence electrons. The van der Waals surface area contributed by atoms with Gasteiger partial charge in [0.2, 0.25) is 0 Å². The fraction of sp³-hybridized carbons (Fsp3) is 0.667. The Hall–Kier alpha value is -1.78. The van der Waals surface area contributed by atoms with Crippen molar-refractivity contribution in [3.05, 3.63) is 28.8 Å². The molecule has 2 aliphatic rings. The second-order valence-corrected chi connectivity index (χ2v) is 7.75. The van der Waals surface area contributed by atoms with Gasteiger partial charge in [0.1, 0.15) is 18.5 Å². The van der Waals surface area contributed by atoms with Crippen LogP contribution in [0.5, 0.6) is 5.75 Å². The van der Waals surface area contributed by atoms with E-state index in [9.17, 15) is 9.18 Å². The van der Waals surface area contributed by atoms with Crippen molar-refractivity contribution < 1.29 is 28.1 Å². The zero-order valence-corrected chi connectivity index (χ0v) is 17.6. The van der Waals surface area contributed by atoms with Gasteiger partial charge in [0.15, 0.2) is 6.29 Å². The molecule has 0 aliphatic carbocycles. The van der Waals surface area contributed by atoms with Crippen LogP contribution in [0.3, 0.4) is 0 Å². The van der Waals surface area contributed by atoms with Crippen molar-refractivity contribution in [1.82, 2.24) is 10.6 Å². The van der Waals surface area contributed by atoms with E-state index in [1.54, 1.807) is 19.2 Å². The summed E-state index contributed by atoms with van der Waals surface area (Å²) in [6.45, 7) is 3.44. The van der Waals surface area contributed by atoms with Crippen molar-refractivity contribution in [2.45, 2.75) is 50.7 Å². The average Bonchev–Trinajstić information content (AvgIpc) is 3.08. The van der Waals surface area contributed by atoms with Crippen LogP contribution in [0.25, 0.3) is 0 Å². The average molecular weight is 426 g/mol. The van der Waals surface area contributed by atoms with E-state index in [4.69, 9.17) is 24.7 Å². The normalized spacial score (nSPS) is 25.6. The van der Waals surface area contributed by atoms with E-state index in [-0.39, 0.29) is 30.8 Å². The highest BCUT2D eigenvalue weighted by molar-refractivity contribution is 5.95. The molecule has 1 aromatic rings. The Morgan fingerprint density at radius 2 is 2.10 bits per heavy atom. The van der Waals surface area contributed by atoms with Gasteiger partial charge in [0, 0.05) is 35.6 Å². The molecular formula is C21H32FN3O5. The number of ether oxygens (including phenoxy) is 4. The van der Waals surface area contributed by atoms with Crippen LogP contribution in [0.4, 0.5) is 4.39 Å². The fourth-order valence-corrected chi connectivity index (χ4v) is 3.61. The molecule has 0 aromatic heterocycles. The van der Waals surface area contributed by atoms with E-state index in [0.29, 0.717) is 44.2 Å². The summed E-state index contributed by atoms with van der Waals surface area (Å²) in [5, 5.41) is 5.84. The van der Waals surface area contributed by atoms with Crippen molar-refractivity contribution in [2.75, 3.05) is 40.2 Å². The van der Waals surface area contributed by atoms with Crippen LogP contribution in [-0.2, 0) is 20.8 Å². The zero-order valence-electron chi connectivity index (χ0n) is 17.6. The molecule has 2 atom stereocenters. The van der Waals surface area contributed by atoms with Crippen molar-refractivity contribution >= 4 is 5.91 Å². The summed E-state index contributed by atoms with van der Waals surface area (Å²) in [7, 11) is 1.78. The first kappa shape index (κ1) is 22.9. The SMILES string of the molecule is CNCOCc1cc(C(=O)NCCCC2OCC(N)CO2)cc2c1O[C@H](CF)[C@H]2C. The van der Waals surface area contributed by atoms with Gasteiger partial charge >= 0.3 is 0 Å². The number of nitrogens with two attached hydrogens (primary N) is 1. The van der Waals surface area contributed by atoms with Gasteiger partial charge in [0.25, 0.3) is 5.91 Å². The smallest absolute Gasteiger partial charge is 0.251 e. The minimum absolute atomic E-state index is 0.0737. The molecule has 4 N–H and O–H groups in total. The van der Waals surface area contributed by atoms with E-state index < -0.39 is 12.8 Å². The van der Waals surface area contributed by atoms with Crippen molar-refractivity contribution in [2.24, 2.45) is 5.73 Å². The minimum atomic E-state index is -0.579. The van der Waals surface area contributed by atoms with Gasteiger partial charge < -0.3 is 30.0 Å². The number of nitrogens with one attached hydrogen (secondary N) is 2. The summed E-state index contributed by atoms with van der Waals surface area (Å²) >= 11 is 0. The Balaban J connectivity index is 1.59. The largest absolute Gasteiger partial charge is 0.486 e. The highest BCUT2D eigenvalue weighted by Crippen LogP contribution is 2.41. The molecule has 30 heavy (non-hydrogen) atoms. The molecule has 2 aliphatic heterocycles. The maximum Gasteiger partial charge on any atom is 0.251 e. The van der Waals surface area contributed by atoms with E-state index in [0.717, 1.165) is 17.5 Å². The molecule has 1 aromatic carbocycles. The number of carbonyl (C=O) groups is 1. The number of rotatable bonds is 10. The molecule has 0 radical (unpaired) electrons. The van der Waals surface area contributed by atoms with Crippen LogP contribution >= 0.6 is 0 Å². The third-order valence-corrected chi connectivity index (χ3v) is 5.32. The molecule has 0 bridgehead atoms. The molecule has 3 rings (SSSR count). The maximum absolute atomic E-state index is 13.3. The fourth-order valence-electron chi connectivity index (χ4n) is 3.61. The highest BCUT2D eigenvalue weighted by atomic mass is 19.1. The first-order chi connectivity index (χ1) is 14.5. The van der Waals surface area contributed by atoms with Gasteiger partial charge in [0.05, 0.1) is 32.6 Å². The monoisotopic (exact) mass is 425 g/mol. The summed E-state index contributed by atoms with van der Waals surface area (Å²) in [5.41, 5.74) is 7.83. The van der Waals surface area contributed by atoms with Gasteiger partial charge in [-0.05, 0) is 25.6 Å². The van der Waals surface area contributed by atoms with Crippen LogP contribution in [0, 0.1) is 0 Å². The first-order valence-corrected chi connectivity index (χ1v) is 10.4. The molecule has 0 saturated carbocycles. The van der Waals surface area contributed by atoms with E-state index in [1.807, 2.05) is 6.92 Å². The van der Waals surface area contributed by atoms with E-state index in [1.165, 1.54) is 0 Å². The number of hydrogen-bond acceptors (Lipinski definition) is 7. The Kier molecular flexibility index (Phi) is 8.41. The molecule has 9 heteroatoms. The molecule has 1 fully saturated rings. The number of alkyl halides is 1. The first-order valence-electron chi connectivity index (χ1n) is 10.4. The lowest BCUT2D eigenvalue weighted by Crippen LogP contribution is -2.41. The summed E-state index contributed by atoms with van der Waals surface area (Å²) in [4.78, 5) is 12.7. The van der Waals surface area contributed by atoms with Crippen LogP contribution in [0.2, 0.25) is 0 Å². The Morgan fingerprint density at radius 1 is 1.33 bits per heavy atom. The molecule has 1 amide bonds. The molecule has 2 heterocycles. The van der Waals surface area contributed by atoms with Crippen LogP contribution in [-0.4, -0.2) is 64.6 Å². The lowest BCUT2D eigenvalue weighted by Gasteiger charge is -2.27. The maximum atomic E-state index is 13.3. The standard InChI is InChI=1S/C21H32FN3O5/c1-13-17-7-14(6-15(9-27-12-24-2)20(17)30-18(13)8-22)21(26)25-5-3-4-19-28-10-16(23)11-29-19/h6-7,13,16,18-19,24H,3-5,8-12,23H2,1-2H3,(H,25,26)/t13-,16?,18+,19?/m0/s1. The number of amides is 1. The third-order valence-electron chi connectivity index (χ3n) is 5.32. The number of halogens is 1. The summed E-state index contributed by atoms with van der Waals surface area (Å²) < 4.78 is 35.7. The number of carbonyl (C=O) groups excluding carboxylic acids is 1. The minimum Gasteiger partial charge on any atom is -0.486 e. The Labute approximate surface area is 176 Å². The van der Waals surface area contributed by atoms with Gasteiger partial charge in [-0.3, -0.25) is 10.1 Å². The predicted octanol–water partition coefficient (Wildman–Crippen LogP) is 1.42.